The van der Waals surface area contributed by atoms with Crippen molar-refractivity contribution < 1.29 is 9.32 Å². The molecule has 1 saturated heterocycles. The van der Waals surface area contributed by atoms with Crippen molar-refractivity contribution in [3.63, 3.8) is 0 Å². The molecule has 1 saturated carbocycles. The van der Waals surface area contributed by atoms with Crippen molar-refractivity contribution in [3.8, 4) is 0 Å². The highest BCUT2D eigenvalue weighted by molar-refractivity contribution is 6.30. The van der Waals surface area contributed by atoms with Gasteiger partial charge in [0.2, 0.25) is 11.8 Å². The van der Waals surface area contributed by atoms with Gasteiger partial charge in [-0.05, 0) is 44.4 Å². The Kier molecular flexibility index (Phi) is 4.20. The number of carbonyl (C=O) groups excluding carboxylic acids is 1. The van der Waals surface area contributed by atoms with Crippen molar-refractivity contribution in [2.45, 2.75) is 37.6 Å². The minimum Gasteiger partial charge on any atom is -0.339 e. The third-order valence-corrected chi connectivity index (χ3v) is 4.61. The van der Waals surface area contributed by atoms with Crippen LogP contribution in [0.4, 0.5) is 5.82 Å². The molecule has 126 valence electrons. The Morgan fingerprint density at radius 2 is 2.25 bits per heavy atom. The Morgan fingerprint density at radius 3 is 3.00 bits per heavy atom. The second-order valence-corrected chi connectivity index (χ2v) is 6.74. The van der Waals surface area contributed by atoms with E-state index in [4.69, 9.17) is 16.1 Å². The standard InChI is InChI=1S/C16H18ClN5O2/c17-11-5-6-13(18-8-11)19-14(23)9-22-7-1-2-12(22)15-20-16(24-21-15)10-3-4-10/h5-6,8,10,12H,1-4,7,9H2,(H,18,19,23)/t12-/m1/s1. The Labute approximate surface area is 144 Å². The van der Waals surface area contributed by atoms with Gasteiger partial charge in [-0.15, -0.1) is 0 Å². The number of anilines is 1. The molecule has 0 spiro atoms. The maximum absolute atomic E-state index is 12.3. The summed E-state index contributed by atoms with van der Waals surface area (Å²) in [6.45, 7) is 1.13. The molecule has 0 bridgehead atoms. The minimum atomic E-state index is -0.109. The molecular weight excluding hydrogens is 330 g/mol. The number of likely N-dealkylation sites (tertiary alicyclic amines) is 1. The molecule has 0 unspecified atom stereocenters. The maximum Gasteiger partial charge on any atom is 0.239 e. The van der Waals surface area contributed by atoms with Crippen LogP contribution in [0.3, 0.4) is 0 Å². The molecule has 2 aliphatic rings. The van der Waals surface area contributed by atoms with Crippen LogP contribution in [0.15, 0.2) is 22.9 Å². The van der Waals surface area contributed by atoms with Crippen molar-refractivity contribution >= 4 is 23.3 Å². The van der Waals surface area contributed by atoms with Gasteiger partial charge in [-0.1, -0.05) is 16.8 Å². The molecule has 1 N–H and O–H groups in total. The van der Waals surface area contributed by atoms with Crippen LogP contribution in [-0.2, 0) is 4.79 Å². The number of hydrogen-bond acceptors (Lipinski definition) is 6. The zero-order chi connectivity index (χ0) is 16.5. The lowest BCUT2D eigenvalue weighted by atomic mass is 10.2. The lowest BCUT2D eigenvalue weighted by Crippen LogP contribution is -2.33. The van der Waals surface area contributed by atoms with Crippen LogP contribution in [0.1, 0.15) is 49.4 Å². The Bertz CT molecular complexity index is 728. The number of aromatic nitrogens is 3. The summed E-state index contributed by atoms with van der Waals surface area (Å²) in [7, 11) is 0. The number of amides is 1. The van der Waals surface area contributed by atoms with Crippen LogP contribution in [0.25, 0.3) is 0 Å². The van der Waals surface area contributed by atoms with Gasteiger partial charge >= 0.3 is 0 Å². The van der Waals surface area contributed by atoms with E-state index >= 15 is 0 Å². The van der Waals surface area contributed by atoms with Crippen LogP contribution in [0.5, 0.6) is 0 Å². The zero-order valence-corrected chi connectivity index (χ0v) is 13.9. The molecule has 8 heteroatoms. The smallest absolute Gasteiger partial charge is 0.239 e. The summed E-state index contributed by atoms with van der Waals surface area (Å²) in [6.07, 6.45) is 5.73. The maximum atomic E-state index is 12.3. The number of nitrogens with one attached hydrogen (secondary N) is 1. The predicted molar refractivity (Wildman–Crippen MR) is 87.7 cm³/mol. The summed E-state index contributed by atoms with van der Waals surface area (Å²) in [5.74, 6) is 2.28. The highest BCUT2D eigenvalue weighted by Gasteiger charge is 2.34. The van der Waals surface area contributed by atoms with E-state index in [1.54, 1.807) is 12.1 Å². The molecule has 3 heterocycles. The second kappa shape index (κ2) is 6.49. The highest BCUT2D eigenvalue weighted by Crippen LogP contribution is 2.40. The van der Waals surface area contributed by atoms with E-state index in [-0.39, 0.29) is 18.5 Å². The molecule has 1 atom stereocenters. The van der Waals surface area contributed by atoms with E-state index in [0.29, 0.717) is 22.6 Å². The van der Waals surface area contributed by atoms with Crippen LogP contribution >= 0.6 is 11.6 Å². The van der Waals surface area contributed by atoms with E-state index < -0.39 is 0 Å². The quantitative estimate of drug-likeness (QED) is 0.895. The summed E-state index contributed by atoms with van der Waals surface area (Å²) in [5, 5.41) is 7.45. The fourth-order valence-electron chi connectivity index (χ4n) is 3.00. The van der Waals surface area contributed by atoms with Gasteiger partial charge in [0.25, 0.3) is 0 Å². The average Bonchev–Trinajstić information content (AvgIpc) is 3.12. The molecule has 1 aliphatic carbocycles. The van der Waals surface area contributed by atoms with Crippen molar-refractivity contribution in [1.82, 2.24) is 20.0 Å². The van der Waals surface area contributed by atoms with Crippen LogP contribution < -0.4 is 5.32 Å². The molecule has 7 nitrogen and oxygen atoms in total. The topological polar surface area (TPSA) is 84.2 Å². The van der Waals surface area contributed by atoms with E-state index in [2.05, 4.69) is 25.3 Å². The first-order chi connectivity index (χ1) is 11.7. The number of nitrogens with zero attached hydrogens (tertiary/aromatic N) is 4. The number of pyridine rings is 1. The SMILES string of the molecule is O=C(CN1CCC[C@@H]1c1noc(C2CC2)n1)Nc1ccc(Cl)cn1. The van der Waals surface area contributed by atoms with Crippen molar-refractivity contribution in [2.75, 3.05) is 18.4 Å². The lowest BCUT2D eigenvalue weighted by molar-refractivity contribution is -0.117. The van der Waals surface area contributed by atoms with E-state index in [0.717, 1.165) is 38.1 Å². The van der Waals surface area contributed by atoms with E-state index in [9.17, 15) is 4.79 Å². The molecule has 24 heavy (non-hydrogen) atoms. The Hall–Kier alpha value is -1.99. The Balaban J connectivity index is 1.38. The number of rotatable bonds is 5. The summed E-state index contributed by atoms with van der Waals surface area (Å²) in [4.78, 5) is 23.0. The van der Waals surface area contributed by atoms with E-state index in [1.165, 1.54) is 6.20 Å². The third-order valence-electron chi connectivity index (χ3n) is 4.39. The molecule has 1 aliphatic heterocycles. The monoisotopic (exact) mass is 347 g/mol. The fraction of sp³-hybridized carbons (Fsp3) is 0.500. The van der Waals surface area contributed by atoms with Crippen LogP contribution in [0, 0.1) is 0 Å². The number of halogens is 1. The molecule has 4 rings (SSSR count). The molecule has 0 radical (unpaired) electrons. The molecule has 0 aromatic carbocycles. The molecular formula is C16H18ClN5O2. The van der Waals surface area contributed by atoms with Crippen molar-refractivity contribution in [2.24, 2.45) is 0 Å². The van der Waals surface area contributed by atoms with Gasteiger partial charge in [0, 0.05) is 12.1 Å². The summed E-state index contributed by atoms with van der Waals surface area (Å²) in [6, 6.07) is 3.43. The molecule has 2 aromatic rings. The van der Waals surface area contributed by atoms with Gasteiger partial charge < -0.3 is 9.84 Å². The number of carbonyl (C=O) groups is 1. The van der Waals surface area contributed by atoms with Crippen LogP contribution in [-0.4, -0.2) is 39.0 Å². The Morgan fingerprint density at radius 1 is 1.38 bits per heavy atom. The van der Waals surface area contributed by atoms with Crippen molar-refractivity contribution in [1.29, 1.82) is 0 Å². The summed E-state index contributed by atoms with van der Waals surface area (Å²) >= 11 is 5.80. The van der Waals surface area contributed by atoms with E-state index in [1.807, 2.05) is 0 Å². The molecule has 2 aromatic heterocycles. The van der Waals surface area contributed by atoms with Crippen LogP contribution in [0.2, 0.25) is 5.02 Å². The van der Waals surface area contributed by atoms with Gasteiger partial charge in [0.1, 0.15) is 5.82 Å². The lowest BCUT2D eigenvalue weighted by Gasteiger charge is -2.20. The largest absolute Gasteiger partial charge is 0.339 e. The minimum absolute atomic E-state index is 0.0465. The zero-order valence-electron chi connectivity index (χ0n) is 13.1. The first-order valence-electron chi connectivity index (χ1n) is 8.18. The average molecular weight is 348 g/mol. The van der Waals surface area contributed by atoms with Gasteiger partial charge in [0.15, 0.2) is 5.82 Å². The highest BCUT2D eigenvalue weighted by atomic mass is 35.5. The first-order valence-corrected chi connectivity index (χ1v) is 8.56. The first kappa shape index (κ1) is 15.5. The molecule has 2 fully saturated rings. The third kappa shape index (κ3) is 3.42. The normalized spacial score (nSPS) is 21.1. The van der Waals surface area contributed by atoms with Gasteiger partial charge in [-0.2, -0.15) is 4.98 Å². The van der Waals surface area contributed by atoms with Gasteiger partial charge in [0.05, 0.1) is 17.6 Å². The van der Waals surface area contributed by atoms with Crippen molar-refractivity contribution in [3.05, 3.63) is 35.1 Å². The molecule has 1 amide bonds. The predicted octanol–water partition coefficient (Wildman–Crippen LogP) is 2.77. The summed E-state index contributed by atoms with van der Waals surface area (Å²) in [5.41, 5.74) is 0. The van der Waals surface area contributed by atoms with Gasteiger partial charge in [-0.25, -0.2) is 4.98 Å². The fourth-order valence-corrected chi connectivity index (χ4v) is 3.11. The second-order valence-electron chi connectivity index (χ2n) is 6.30. The number of hydrogen-bond donors (Lipinski definition) is 1. The van der Waals surface area contributed by atoms with Gasteiger partial charge in [-0.3, -0.25) is 9.69 Å². The summed E-state index contributed by atoms with van der Waals surface area (Å²) < 4.78 is 5.35.